The van der Waals surface area contributed by atoms with E-state index >= 15 is 0 Å². The number of rotatable bonds is 6. The summed E-state index contributed by atoms with van der Waals surface area (Å²) in [5.74, 6) is 0.784. The van der Waals surface area contributed by atoms with E-state index in [2.05, 4.69) is 74.2 Å². The van der Waals surface area contributed by atoms with Gasteiger partial charge in [0.15, 0.2) is 6.61 Å². The van der Waals surface area contributed by atoms with Crippen LogP contribution in [0.15, 0.2) is 47.3 Å². The SMILES string of the molecule is COc1ccc(OCC(=O)N/N=C/c2c(Br)cc(Br)c(O)c2Br)c(Br)c1. The molecule has 138 valence electrons. The molecule has 2 aromatic carbocycles. The molecule has 0 bridgehead atoms. The predicted molar refractivity (Wildman–Crippen MR) is 113 cm³/mol. The van der Waals surface area contributed by atoms with E-state index < -0.39 is 5.91 Å². The van der Waals surface area contributed by atoms with Crippen LogP contribution in [0.2, 0.25) is 0 Å². The van der Waals surface area contributed by atoms with Crippen molar-refractivity contribution in [2.24, 2.45) is 5.10 Å². The first-order valence-electron chi connectivity index (χ1n) is 6.98. The molecule has 2 aromatic rings. The summed E-state index contributed by atoms with van der Waals surface area (Å²) in [5, 5.41) is 13.8. The minimum atomic E-state index is -0.433. The van der Waals surface area contributed by atoms with Crippen LogP contribution in [0.1, 0.15) is 5.56 Å². The van der Waals surface area contributed by atoms with Crippen LogP contribution in [0.5, 0.6) is 17.2 Å². The first-order chi connectivity index (χ1) is 12.3. The summed E-state index contributed by atoms with van der Waals surface area (Å²) in [7, 11) is 1.57. The smallest absolute Gasteiger partial charge is 0.277 e. The number of nitrogens with zero attached hydrogens (tertiary/aromatic N) is 1. The average molecular weight is 616 g/mol. The highest BCUT2D eigenvalue weighted by molar-refractivity contribution is 9.11. The Bertz CT molecular complexity index is 859. The lowest BCUT2D eigenvalue weighted by Gasteiger charge is -2.09. The maximum absolute atomic E-state index is 11.9. The van der Waals surface area contributed by atoms with Gasteiger partial charge in [0.25, 0.3) is 5.91 Å². The molecule has 0 saturated carbocycles. The minimum absolute atomic E-state index is 0.0358. The zero-order valence-corrected chi connectivity index (χ0v) is 19.6. The molecular formula is C16H12Br4N2O4. The van der Waals surface area contributed by atoms with E-state index in [1.807, 2.05) is 0 Å². The first kappa shape index (κ1) is 21.2. The second kappa shape index (κ2) is 9.72. The van der Waals surface area contributed by atoms with Gasteiger partial charge in [0.05, 0.1) is 26.7 Å². The molecule has 0 aliphatic rings. The van der Waals surface area contributed by atoms with Crippen molar-refractivity contribution in [1.29, 1.82) is 0 Å². The number of hydrazone groups is 1. The molecule has 0 unspecified atom stereocenters. The topological polar surface area (TPSA) is 80.2 Å². The molecule has 0 saturated heterocycles. The zero-order valence-electron chi connectivity index (χ0n) is 13.2. The number of nitrogens with one attached hydrogen (secondary N) is 1. The first-order valence-corrected chi connectivity index (χ1v) is 10.2. The van der Waals surface area contributed by atoms with Gasteiger partial charge in [-0.1, -0.05) is 15.9 Å². The molecule has 0 aliphatic heterocycles. The Kier molecular flexibility index (Phi) is 7.93. The van der Waals surface area contributed by atoms with Crippen molar-refractivity contribution in [2.75, 3.05) is 13.7 Å². The summed E-state index contributed by atoms with van der Waals surface area (Å²) in [4.78, 5) is 11.9. The van der Waals surface area contributed by atoms with E-state index in [0.717, 1.165) is 0 Å². The monoisotopic (exact) mass is 612 g/mol. The van der Waals surface area contributed by atoms with Crippen molar-refractivity contribution in [3.63, 3.8) is 0 Å². The molecule has 26 heavy (non-hydrogen) atoms. The summed E-state index contributed by atoms with van der Waals surface area (Å²) >= 11 is 13.2. The highest BCUT2D eigenvalue weighted by atomic mass is 79.9. The Labute approximate surface area is 183 Å². The van der Waals surface area contributed by atoms with E-state index in [-0.39, 0.29) is 12.4 Å². The Hall–Kier alpha value is -1.10. The van der Waals surface area contributed by atoms with Crippen molar-refractivity contribution in [1.82, 2.24) is 5.43 Å². The maximum Gasteiger partial charge on any atom is 0.277 e. The van der Waals surface area contributed by atoms with Gasteiger partial charge in [-0.3, -0.25) is 4.79 Å². The standard InChI is InChI=1S/C16H12Br4N2O4/c1-25-8-2-3-13(11(18)4-8)26-7-14(23)22-21-6-9-10(17)5-12(19)16(24)15(9)20/h2-6,24H,7H2,1H3,(H,22,23)/b21-6+. The number of halogens is 4. The van der Waals surface area contributed by atoms with E-state index in [1.54, 1.807) is 31.4 Å². The Morgan fingerprint density at radius 3 is 2.58 bits per heavy atom. The number of phenolic OH excluding ortho intramolecular Hbond substituents is 1. The summed E-state index contributed by atoms with van der Waals surface area (Å²) in [5.41, 5.74) is 2.94. The molecular weight excluding hydrogens is 604 g/mol. The Morgan fingerprint density at radius 1 is 1.19 bits per heavy atom. The van der Waals surface area contributed by atoms with E-state index in [9.17, 15) is 9.90 Å². The van der Waals surface area contributed by atoms with Crippen LogP contribution in [0, 0.1) is 0 Å². The highest BCUT2D eigenvalue weighted by Gasteiger charge is 2.12. The van der Waals surface area contributed by atoms with Crippen LogP contribution in [0.25, 0.3) is 0 Å². The molecule has 0 radical (unpaired) electrons. The van der Waals surface area contributed by atoms with Gasteiger partial charge >= 0.3 is 0 Å². The number of amides is 1. The number of hydrogen-bond donors (Lipinski definition) is 2. The van der Waals surface area contributed by atoms with Crippen LogP contribution in [-0.2, 0) is 4.79 Å². The van der Waals surface area contributed by atoms with Crippen LogP contribution >= 0.6 is 63.7 Å². The predicted octanol–water partition coefficient (Wildman–Crippen LogP) is 4.98. The zero-order chi connectivity index (χ0) is 19.3. The lowest BCUT2D eigenvalue weighted by Crippen LogP contribution is -2.24. The fraction of sp³-hybridized carbons (Fsp3) is 0.125. The highest BCUT2D eigenvalue weighted by Crippen LogP contribution is 2.38. The number of benzene rings is 2. The Balaban J connectivity index is 1.95. The molecule has 0 atom stereocenters. The summed E-state index contributed by atoms with van der Waals surface area (Å²) < 4.78 is 12.8. The molecule has 0 aliphatic carbocycles. The van der Waals surface area contributed by atoms with E-state index in [1.165, 1.54) is 6.21 Å². The van der Waals surface area contributed by atoms with Gasteiger partial charge in [-0.25, -0.2) is 5.43 Å². The largest absolute Gasteiger partial charge is 0.506 e. The molecule has 0 spiro atoms. The minimum Gasteiger partial charge on any atom is -0.506 e. The third-order valence-electron chi connectivity index (χ3n) is 3.06. The number of ether oxygens (including phenoxy) is 2. The van der Waals surface area contributed by atoms with Gasteiger partial charge < -0.3 is 14.6 Å². The fourth-order valence-electron chi connectivity index (χ4n) is 1.78. The summed E-state index contributed by atoms with van der Waals surface area (Å²) in [6, 6.07) is 6.83. The molecule has 0 aromatic heterocycles. The maximum atomic E-state index is 11.9. The van der Waals surface area contributed by atoms with Gasteiger partial charge in [0.1, 0.15) is 17.2 Å². The molecule has 0 fully saturated rings. The quantitative estimate of drug-likeness (QED) is 0.355. The van der Waals surface area contributed by atoms with Crippen LogP contribution < -0.4 is 14.9 Å². The van der Waals surface area contributed by atoms with Crippen LogP contribution in [0.3, 0.4) is 0 Å². The molecule has 2 N–H and O–H groups in total. The van der Waals surface area contributed by atoms with Crippen molar-refractivity contribution < 1.29 is 19.4 Å². The van der Waals surface area contributed by atoms with Gasteiger partial charge in [-0.2, -0.15) is 5.10 Å². The number of methoxy groups -OCH3 is 1. The van der Waals surface area contributed by atoms with Crippen molar-refractivity contribution in [3.05, 3.63) is 47.7 Å². The second-order valence-electron chi connectivity index (χ2n) is 4.79. The number of aromatic hydroxyl groups is 1. The number of phenols is 1. The van der Waals surface area contributed by atoms with E-state index in [0.29, 0.717) is 35.0 Å². The lowest BCUT2D eigenvalue weighted by molar-refractivity contribution is -0.123. The third kappa shape index (κ3) is 5.45. The molecule has 2 rings (SSSR count). The molecule has 0 heterocycles. The van der Waals surface area contributed by atoms with E-state index in [4.69, 9.17) is 9.47 Å². The number of carbonyl (C=O) groups excluding carboxylic acids is 1. The van der Waals surface area contributed by atoms with Crippen molar-refractivity contribution >= 4 is 75.8 Å². The lowest BCUT2D eigenvalue weighted by atomic mass is 10.2. The van der Waals surface area contributed by atoms with Gasteiger partial charge in [-0.15, -0.1) is 0 Å². The number of carbonyl (C=O) groups is 1. The Morgan fingerprint density at radius 2 is 1.92 bits per heavy atom. The molecule has 10 heteroatoms. The van der Waals surface area contributed by atoms with Crippen LogP contribution in [0.4, 0.5) is 0 Å². The normalized spacial score (nSPS) is 10.8. The molecule has 1 amide bonds. The van der Waals surface area contributed by atoms with Crippen LogP contribution in [-0.4, -0.2) is 30.9 Å². The average Bonchev–Trinajstić information content (AvgIpc) is 2.61. The van der Waals surface area contributed by atoms with Gasteiger partial charge in [-0.05, 0) is 72.1 Å². The number of hydrogen-bond acceptors (Lipinski definition) is 5. The summed E-state index contributed by atoms with van der Waals surface area (Å²) in [6.07, 6.45) is 1.40. The van der Waals surface area contributed by atoms with Gasteiger partial charge in [0.2, 0.25) is 0 Å². The van der Waals surface area contributed by atoms with Gasteiger partial charge in [0, 0.05) is 10.0 Å². The second-order valence-corrected chi connectivity index (χ2v) is 8.15. The van der Waals surface area contributed by atoms with Crippen molar-refractivity contribution in [2.45, 2.75) is 0 Å². The van der Waals surface area contributed by atoms with Crippen molar-refractivity contribution in [3.8, 4) is 17.2 Å². The summed E-state index contributed by atoms with van der Waals surface area (Å²) in [6.45, 7) is -0.212. The fourth-order valence-corrected chi connectivity index (χ4v) is 4.58. The molecule has 6 nitrogen and oxygen atoms in total. The third-order valence-corrected chi connectivity index (χ3v) is 5.75.